The molecule has 0 rings (SSSR count). The number of hydrogen-bond acceptors (Lipinski definition) is 0. The van der Waals surface area contributed by atoms with Gasteiger partial charge in [0.15, 0.2) is 0 Å². The maximum atomic E-state index is 2.34. The van der Waals surface area contributed by atoms with Gasteiger partial charge in [0.05, 0.1) is 0 Å². The Hall–Kier alpha value is 0. The fraction of sp³-hybridized carbons (Fsp3) is 1.00. The van der Waals surface area contributed by atoms with E-state index in [0.717, 1.165) is 11.8 Å². The summed E-state index contributed by atoms with van der Waals surface area (Å²) in [5.41, 5.74) is 0. The van der Waals surface area contributed by atoms with E-state index in [1.54, 1.807) is 0 Å². The predicted octanol–water partition coefficient (Wildman–Crippen LogP) is 8.35. The molecule has 0 aromatic heterocycles. The first-order valence-electron chi connectivity index (χ1n) is 9.08. The lowest BCUT2D eigenvalue weighted by Crippen LogP contribution is -1.91. The topological polar surface area (TPSA) is 0 Å². The summed E-state index contributed by atoms with van der Waals surface area (Å²) in [6, 6.07) is 0. The third-order valence-electron chi connectivity index (χ3n) is 2.38. The van der Waals surface area contributed by atoms with Gasteiger partial charge in [-0.25, -0.2) is 0 Å². The fourth-order valence-electron chi connectivity index (χ4n) is 1.13. The average Bonchev–Trinajstić information content (AvgIpc) is 2.46. The molecular weight excluding hydrogens is 228 g/mol. The third-order valence-corrected chi connectivity index (χ3v) is 2.38. The smallest absolute Gasteiger partial charge is 0.0443 e. The van der Waals surface area contributed by atoms with Gasteiger partial charge in [-0.2, -0.15) is 0 Å². The summed E-state index contributed by atoms with van der Waals surface area (Å²) >= 11 is 0. The van der Waals surface area contributed by atoms with E-state index in [1.165, 1.54) is 32.1 Å². The SMILES string of the molecule is CC.CC.CC.CCC(C)C.CCCC(C)CCC. The summed E-state index contributed by atoms with van der Waals surface area (Å²) in [5, 5.41) is 0. The summed E-state index contributed by atoms with van der Waals surface area (Å²) in [4.78, 5) is 0. The van der Waals surface area contributed by atoms with E-state index in [-0.39, 0.29) is 0 Å². The van der Waals surface area contributed by atoms with Crippen LogP contribution in [0.4, 0.5) is 0 Å². The molecule has 0 aliphatic carbocycles. The molecule has 0 heterocycles. The molecule has 0 unspecified atom stereocenters. The second-order valence-corrected chi connectivity index (χ2v) is 4.48. The highest BCUT2D eigenvalue weighted by molar-refractivity contribution is 4.48. The highest BCUT2D eigenvalue weighted by Gasteiger charge is 1.95. The van der Waals surface area contributed by atoms with E-state index in [0.29, 0.717) is 0 Å². The Balaban J connectivity index is -0.0000000513. The van der Waals surface area contributed by atoms with Crippen LogP contribution in [0.3, 0.4) is 0 Å². The number of rotatable bonds is 5. The molecule has 0 nitrogen and oxygen atoms in total. The molecule has 0 aliphatic heterocycles. The second kappa shape index (κ2) is 43.0. The molecule has 0 amide bonds. The van der Waals surface area contributed by atoms with E-state index < -0.39 is 0 Å². The molecular formula is C19H48. The molecule has 19 heavy (non-hydrogen) atoms. The fourth-order valence-corrected chi connectivity index (χ4v) is 1.13. The van der Waals surface area contributed by atoms with E-state index in [9.17, 15) is 0 Å². The maximum Gasteiger partial charge on any atom is -0.0443 e. The van der Waals surface area contributed by atoms with Gasteiger partial charge in [-0.1, -0.05) is 115 Å². The third kappa shape index (κ3) is 72.0. The van der Waals surface area contributed by atoms with E-state index in [4.69, 9.17) is 0 Å². The van der Waals surface area contributed by atoms with Crippen molar-refractivity contribution in [3.63, 3.8) is 0 Å². The zero-order valence-electron chi connectivity index (χ0n) is 16.7. The lowest BCUT2D eigenvalue weighted by Gasteiger charge is -2.05. The van der Waals surface area contributed by atoms with Crippen molar-refractivity contribution in [2.75, 3.05) is 0 Å². The molecule has 0 spiro atoms. The van der Waals surface area contributed by atoms with E-state index in [1.807, 2.05) is 41.5 Å². The molecule has 0 saturated heterocycles. The van der Waals surface area contributed by atoms with Crippen LogP contribution in [0.1, 0.15) is 115 Å². The van der Waals surface area contributed by atoms with Gasteiger partial charge >= 0.3 is 0 Å². The predicted molar refractivity (Wildman–Crippen MR) is 98.2 cm³/mol. The van der Waals surface area contributed by atoms with Crippen molar-refractivity contribution >= 4 is 0 Å². The Kier molecular flexibility index (Phi) is 71.1. The molecule has 0 saturated carbocycles. The Labute approximate surface area is 127 Å². The quantitative estimate of drug-likeness (QED) is 0.473. The number of hydrogen-bond donors (Lipinski definition) is 0. The molecule has 0 bridgehead atoms. The van der Waals surface area contributed by atoms with Crippen LogP contribution < -0.4 is 0 Å². The minimum Gasteiger partial charge on any atom is -0.0683 e. The first-order chi connectivity index (χ1) is 9.08. The summed E-state index contributed by atoms with van der Waals surface area (Å²) in [6.45, 7) is 25.5. The minimum atomic E-state index is 0.884. The van der Waals surface area contributed by atoms with Crippen LogP contribution in [0, 0.1) is 11.8 Å². The highest BCUT2D eigenvalue weighted by atomic mass is 14.0. The standard InChI is InChI=1S/C8H18.C5H12.3C2H6/c1-4-6-8(3)7-5-2;1-4-5(2)3;3*1-2/h8H,4-7H2,1-3H3;5H,4H2,1-3H3;3*1-2H3. The van der Waals surface area contributed by atoms with Crippen LogP contribution in [-0.4, -0.2) is 0 Å². The first kappa shape index (κ1) is 31.4. The summed E-state index contributed by atoms with van der Waals surface area (Å²) in [6.07, 6.45) is 6.82. The zero-order valence-corrected chi connectivity index (χ0v) is 16.7. The molecule has 0 atom stereocenters. The van der Waals surface area contributed by atoms with Crippen molar-refractivity contribution in [2.24, 2.45) is 11.8 Å². The first-order valence-corrected chi connectivity index (χ1v) is 9.08. The molecule has 0 N–H and O–H groups in total. The second-order valence-electron chi connectivity index (χ2n) is 4.48. The summed E-state index contributed by atoms with van der Waals surface area (Å²) in [7, 11) is 0. The van der Waals surface area contributed by atoms with Crippen LogP contribution in [-0.2, 0) is 0 Å². The van der Waals surface area contributed by atoms with Crippen LogP contribution >= 0.6 is 0 Å². The Morgan fingerprint density at radius 3 is 0.895 bits per heavy atom. The molecule has 0 aromatic rings. The van der Waals surface area contributed by atoms with Crippen LogP contribution in [0.2, 0.25) is 0 Å². The van der Waals surface area contributed by atoms with Crippen molar-refractivity contribution in [3.05, 3.63) is 0 Å². The van der Waals surface area contributed by atoms with Crippen LogP contribution in [0.5, 0.6) is 0 Å². The normalized spacial score (nSPS) is 7.89. The zero-order chi connectivity index (χ0) is 16.7. The van der Waals surface area contributed by atoms with Crippen LogP contribution in [0.15, 0.2) is 0 Å². The van der Waals surface area contributed by atoms with E-state index in [2.05, 4.69) is 41.5 Å². The largest absolute Gasteiger partial charge is 0.0683 e. The minimum absolute atomic E-state index is 0.884. The van der Waals surface area contributed by atoms with Gasteiger partial charge < -0.3 is 0 Å². The van der Waals surface area contributed by atoms with Gasteiger partial charge in [0.2, 0.25) is 0 Å². The van der Waals surface area contributed by atoms with Crippen LogP contribution in [0.25, 0.3) is 0 Å². The van der Waals surface area contributed by atoms with Gasteiger partial charge in [0, 0.05) is 0 Å². The molecule has 0 radical (unpaired) electrons. The van der Waals surface area contributed by atoms with Gasteiger partial charge in [-0.3, -0.25) is 0 Å². The monoisotopic (exact) mass is 276 g/mol. The maximum absolute atomic E-state index is 2.34. The molecule has 0 aromatic carbocycles. The molecule has 0 aliphatic rings. The van der Waals surface area contributed by atoms with Gasteiger partial charge in [0.1, 0.15) is 0 Å². The lowest BCUT2D eigenvalue weighted by atomic mass is 10.0. The highest BCUT2D eigenvalue weighted by Crippen LogP contribution is 2.10. The Bertz CT molecular complexity index is 68.1. The summed E-state index contributed by atoms with van der Waals surface area (Å²) in [5.74, 6) is 1.85. The van der Waals surface area contributed by atoms with Crippen molar-refractivity contribution in [2.45, 2.75) is 115 Å². The van der Waals surface area contributed by atoms with Gasteiger partial charge in [0.25, 0.3) is 0 Å². The Morgan fingerprint density at radius 2 is 0.789 bits per heavy atom. The Morgan fingerprint density at radius 1 is 0.579 bits per heavy atom. The van der Waals surface area contributed by atoms with Crippen molar-refractivity contribution in [3.8, 4) is 0 Å². The summed E-state index contributed by atoms with van der Waals surface area (Å²) < 4.78 is 0. The molecule has 0 fully saturated rings. The van der Waals surface area contributed by atoms with Gasteiger partial charge in [-0.15, -0.1) is 0 Å². The molecule has 124 valence electrons. The van der Waals surface area contributed by atoms with E-state index >= 15 is 0 Å². The van der Waals surface area contributed by atoms with Gasteiger partial charge in [-0.05, 0) is 11.8 Å². The lowest BCUT2D eigenvalue weighted by molar-refractivity contribution is 0.480. The van der Waals surface area contributed by atoms with Crippen molar-refractivity contribution in [1.82, 2.24) is 0 Å². The molecule has 0 heteroatoms. The average molecular weight is 277 g/mol. The van der Waals surface area contributed by atoms with Crippen molar-refractivity contribution < 1.29 is 0 Å². The van der Waals surface area contributed by atoms with Crippen molar-refractivity contribution in [1.29, 1.82) is 0 Å².